The summed E-state index contributed by atoms with van der Waals surface area (Å²) in [7, 11) is 0. The van der Waals surface area contributed by atoms with E-state index >= 15 is 0 Å². The van der Waals surface area contributed by atoms with Crippen molar-refractivity contribution in [1.29, 1.82) is 0 Å². The molecule has 0 saturated carbocycles. The molecule has 2 rings (SSSR count). The van der Waals surface area contributed by atoms with Crippen molar-refractivity contribution < 1.29 is 9.53 Å². The zero-order valence-corrected chi connectivity index (χ0v) is 6.82. The molecule has 0 N–H and O–H groups in total. The van der Waals surface area contributed by atoms with Gasteiger partial charge in [0.25, 0.3) is 0 Å². The summed E-state index contributed by atoms with van der Waals surface area (Å²) in [6.07, 6.45) is 0.370. The van der Waals surface area contributed by atoms with Crippen molar-refractivity contribution in [2.24, 2.45) is 5.18 Å². The van der Waals surface area contributed by atoms with Gasteiger partial charge in [-0.2, -0.15) is 0 Å². The molecule has 1 aliphatic rings. The van der Waals surface area contributed by atoms with Gasteiger partial charge in [0.1, 0.15) is 11.4 Å². The zero-order chi connectivity index (χ0) is 9.26. The van der Waals surface area contributed by atoms with Gasteiger partial charge in [-0.25, -0.2) is 0 Å². The van der Waals surface area contributed by atoms with Gasteiger partial charge >= 0.3 is 0 Å². The first kappa shape index (κ1) is 7.91. The Kier molecular flexibility index (Phi) is 1.81. The number of Topliss-reactive ketones (excluding diaryl/α,β-unsaturated/α-hetero) is 1. The van der Waals surface area contributed by atoms with Gasteiger partial charge in [-0.05, 0) is 23.4 Å². The van der Waals surface area contributed by atoms with Gasteiger partial charge in [0.05, 0.1) is 12.2 Å². The lowest BCUT2D eigenvalue weighted by molar-refractivity contribution is 0.0933. The largest absolute Gasteiger partial charge is 0.492 e. The average Bonchev–Trinajstić information content (AvgIpc) is 2.18. The number of carbonyl (C=O) groups is 1. The molecule has 1 aliphatic heterocycles. The fourth-order valence-electron chi connectivity index (χ4n) is 1.31. The number of nitroso groups, excluding NO2 is 1. The van der Waals surface area contributed by atoms with Crippen molar-refractivity contribution in [1.82, 2.24) is 0 Å². The molecule has 1 heterocycles. The second-order valence-corrected chi connectivity index (χ2v) is 2.79. The van der Waals surface area contributed by atoms with Crippen LogP contribution >= 0.6 is 0 Å². The molecule has 1 aromatic rings. The van der Waals surface area contributed by atoms with Gasteiger partial charge in [-0.3, -0.25) is 4.79 Å². The predicted molar refractivity (Wildman–Crippen MR) is 46.3 cm³/mol. The Balaban J connectivity index is 2.53. The summed E-state index contributed by atoms with van der Waals surface area (Å²) in [6, 6.07) is 4.59. The number of nitrogens with zero attached hydrogens (tertiary/aromatic N) is 1. The van der Waals surface area contributed by atoms with E-state index in [1.807, 2.05) is 0 Å². The van der Waals surface area contributed by atoms with Crippen LogP contribution in [0.3, 0.4) is 0 Å². The molecule has 13 heavy (non-hydrogen) atoms. The van der Waals surface area contributed by atoms with E-state index in [9.17, 15) is 9.70 Å². The molecule has 0 radical (unpaired) electrons. The van der Waals surface area contributed by atoms with E-state index in [-0.39, 0.29) is 11.5 Å². The number of ketones is 1. The lowest BCUT2D eigenvalue weighted by Gasteiger charge is -2.15. The summed E-state index contributed by atoms with van der Waals surface area (Å²) < 4.78 is 5.23. The first-order valence-corrected chi connectivity index (χ1v) is 3.94. The maximum Gasteiger partial charge on any atom is 0.170 e. The minimum Gasteiger partial charge on any atom is -0.492 e. The molecule has 0 unspecified atom stereocenters. The third-order valence-electron chi connectivity index (χ3n) is 1.96. The Hall–Kier alpha value is -1.71. The normalized spacial score (nSPS) is 14.6. The van der Waals surface area contributed by atoms with Gasteiger partial charge in [0.15, 0.2) is 5.78 Å². The summed E-state index contributed by atoms with van der Waals surface area (Å²) in [6.45, 7) is 0.416. The minimum absolute atomic E-state index is 0.00625. The minimum atomic E-state index is 0.00625. The lowest BCUT2D eigenvalue weighted by atomic mass is 10.0. The number of fused-ring (bicyclic) bond motifs is 1. The van der Waals surface area contributed by atoms with Crippen molar-refractivity contribution in [3.8, 4) is 5.75 Å². The van der Waals surface area contributed by atoms with E-state index in [0.717, 1.165) is 0 Å². The van der Waals surface area contributed by atoms with Crippen molar-refractivity contribution in [3.05, 3.63) is 28.7 Å². The number of ether oxygens (including phenoxy) is 1. The van der Waals surface area contributed by atoms with Crippen LogP contribution < -0.4 is 4.74 Å². The smallest absolute Gasteiger partial charge is 0.170 e. The molecule has 0 saturated heterocycles. The molecule has 66 valence electrons. The fraction of sp³-hybridized carbons (Fsp3) is 0.222. The summed E-state index contributed by atoms with van der Waals surface area (Å²) >= 11 is 0. The van der Waals surface area contributed by atoms with Crippen LogP contribution in [0.15, 0.2) is 23.4 Å². The summed E-state index contributed by atoms with van der Waals surface area (Å²) in [5.74, 6) is 0.551. The number of hydrogen-bond acceptors (Lipinski definition) is 4. The number of benzene rings is 1. The quantitative estimate of drug-likeness (QED) is 0.617. The number of rotatable bonds is 1. The number of hydrogen-bond donors (Lipinski definition) is 0. The SMILES string of the molecule is O=Nc1ccc2c(c1)C(=O)CCO2. The predicted octanol–water partition coefficient (Wildman–Crippen LogP) is 2.05. The van der Waals surface area contributed by atoms with E-state index in [2.05, 4.69) is 5.18 Å². The second-order valence-electron chi connectivity index (χ2n) is 2.79. The molecule has 0 amide bonds. The van der Waals surface area contributed by atoms with Gasteiger partial charge in [-0.15, -0.1) is 4.91 Å². The molecule has 4 nitrogen and oxygen atoms in total. The molecule has 0 spiro atoms. The van der Waals surface area contributed by atoms with E-state index < -0.39 is 0 Å². The molecule has 0 fully saturated rings. The van der Waals surface area contributed by atoms with E-state index in [4.69, 9.17) is 4.74 Å². The molecule has 0 aromatic heterocycles. The fourth-order valence-corrected chi connectivity index (χ4v) is 1.31. The maximum atomic E-state index is 11.3. The van der Waals surface area contributed by atoms with Crippen molar-refractivity contribution in [3.63, 3.8) is 0 Å². The van der Waals surface area contributed by atoms with Crippen LogP contribution in [0.4, 0.5) is 5.69 Å². The van der Waals surface area contributed by atoms with Crippen LogP contribution in [-0.4, -0.2) is 12.4 Å². The highest BCUT2D eigenvalue weighted by molar-refractivity contribution is 6.00. The van der Waals surface area contributed by atoms with Crippen LogP contribution in [0.2, 0.25) is 0 Å². The summed E-state index contributed by atoms with van der Waals surface area (Å²) in [5, 5.41) is 2.76. The standard InChI is InChI=1S/C9H7NO3/c11-8-3-4-13-9-2-1-6(10-12)5-7(8)9/h1-2,5H,3-4H2. The third-order valence-corrected chi connectivity index (χ3v) is 1.96. The van der Waals surface area contributed by atoms with Crippen molar-refractivity contribution in [2.75, 3.05) is 6.61 Å². The van der Waals surface area contributed by atoms with Crippen molar-refractivity contribution in [2.45, 2.75) is 6.42 Å². The molecule has 1 aromatic carbocycles. The highest BCUT2D eigenvalue weighted by atomic mass is 16.5. The Morgan fingerprint density at radius 3 is 3.00 bits per heavy atom. The first-order chi connectivity index (χ1) is 6.31. The second kappa shape index (κ2) is 2.97. The molecule has 0 atom stereocenters. The van der Waals surface area contributed by atoms with Crippen LogP contribution in [0, 0.1) is 4.91 Å². The molecule has 0 bridgehead atoms. The van der Waals surface area contributed by atoms with Crippen LogP contribution in [-0.2, 0) is 0 Å². The van der Waals surface area contributed by atoms with E-state index in [1.165, 1.54) is 12.1 Å². The topological polar surface area (TPSA) is 55.7 Å². The Morgan fingerprint density at radius 2 is 2.23 bits per heavy atom. The van der Waals surface area contributed by atoms with Gasteiger partial charge in [0.2, 0.25) is 0 Å². The molecule has 4 heteroatoms. The van der Waals surface area contributed by atoms with E-state index in [0.29, 0.717) is 24.3 Å². The first-order valence-electron chi connectivity index (χ1n) is 3.94. The van der Waals surface area contributed by atoms with E-state index in [1.54, 1.807) is 6.07 Å². The maximum absolute atomic E-state index is 11.3. The number of carbonyl (C=O) groups excluding carboxylic acids is 1. The summed E-state index contributed by atoms with van der Waals surface area (Å²) in [5.41, 5.74) is 0.723. The molecular weight excluding hydrogens is 170 g/mol. The third kappa shape index (κ3) is 1.30. The highest BCUT2D eigenvalue weighted by Gasteiger charge is 2.18. The Labute approximate surface area is 74.5 Å². The average molecular weight is 177 g/mol. The van der Waals surface area contributed by atoms with Gasteiger partial charge in [-0.1, -0.05) is 0 Å². The van der Waals surface area contributed by atoms with Gasteiger partial charge in [0, 0.05) is 6.42 Å². The Bertz CT molecular complexity index is 373. The molecular formula is C9H7NO3. The van der Waals surface area contributed by atoms with Crippen LogP contribution in [0.1, 0.15) is 16.8 Å². The lowest BCUT2D eigenvalue weighted by Crippen LogP contribution is -2.14. The molecule has 0 aliphatic carbocycles. The monoisotopic (exact) mass is 177 g/mol. The van der Waals surface area contributed by atoms with Gasteiger partial charge < -0.3 is 4.74 Å². The Morgan fingerprint density at radius 1 is 1.38 bits per heavy atom. The summed E-state index contributed by atoms with van der Waals surface area (Å²) in [4.78, 5) is 21.5. The zero-order valence-electron chi connectivity index (χ0n) is 6.82. The van der Waals surface area contributed by atoms with Crippen molar-refractivity contribution >= 4 is 11.5 Å². The highest BCUT2D eigenvalue weighted by Crippen LogP contribution is 2.28. The van der Waals surface area contributed by atoms with Crippen LogP contribution in [0.5, 0.6) is 5.75 Å². The van der Waals surface area contributed by atoms with Crippen LogP contribution in [0.25, 0.3) is 0 Å².